The van der Waals surface area contributed by atoms with Crippen molar-refractivity contribution in [2.75, 3.05) is 47.0 Å². The minimum Gasteiger partial charge on any atom is -0.385 e. The van der Waals surface area contributed by atoms with Crippen LogP contribution in [0.1, 0.15) is 42.9 Å². The molecule has 1 saturated heterocycles. The van der Waals surface area contributed by atoms with E-state index in [0.29, 0.717) is 5.41 Å². The summed E-state index contributed by atoms with van der Waals surface area (Å²) in [7, 11) is 3.67. The number of morpholine rings is 1. The van der Waals surface area contributed by atoms with E-state index in [4.69, 9.17) is 9.47 Å². The zero-order chi connectivity index (χ0) is 18.4. The predicted molar refractivity (Wildman–Crippen MR) is 121 cm³/mol. The van der Waals surface area contributed by atoms with Gasteiger partial charge in [0, 0.05) is 33.9 Å². The molecule has 1 atom stereocenters. The summed E-state index contributed by atoms with van der Waals surface area (Å²) in [4.78, 5) is 6.89. The van der Waals surface area contributed by atoms with Crippen LogP contribution in [0.25, 0.3) is 0 Å². The van der Waals surface area contributed by atoms with Crippen molar-refractivity contribution in [2.45, 2.75) is 38.7 Å². The Bertz CT molecular complexity index is 619. The number of aryl methyl sites for hydroxylation is 1. The van der Waals surface area contributed by atoms with Crippen molar-refractivity contribution in [2.24, 2.45) is 10.4 Å². The van der Waals surface area contributed by atoms with E-state index in [1.165, 1.54) is 30.4 Å². The van der Waals surface area contributed by atoms with Gasteiger partial charge < -0.3 is 19.7 Å². The lowest BCUT2D eigenvalue weighted by molar-refractivity contribution is -0.00890. The first kappa shape index (κ1) is 22.4. The van der Waals surface area contributed by atoms with Gasteiger partial charge in [-0.15, -0.1) is 24.0 Å². The fourth-order valence-corrected chi connectivity index (χ4v) is 4.09. The number of hydrogen-bond donors (Lipinski definition) is 1. The molecule has 0 spiro atoms. The summed E-state index contributed by atoms with van der Waals surface area (Å²) in [6.07, 6.45) is 5.14. The van der Waals surface area contributed by atoms with E-state index < -0.39 is 0 Å². The summed E-state index contributed by atoms with van der Waals surface area (Å²) in [5, 5.41) is 3.64. The van der Waals surface area contributed by atoms with Crippen molar-refractivity contribution in [3.05, 3.63) is 35.4 Å². The number of hydrogen-bond acceptors (Lipinski definition) is 3. The highest BCUT2D eigenvalue weighted by atomic mass is 127. The molecule has 1 aromatic carbocycles. The molecule has 5 nitrogen and oxygen atoms in total. The molecule has 0 radical (unpaired) electrons. The van der Waals surface area contributed by atoms with Gasteiger partial charge in [0.1, 0.15) is 6.10 Å². The number of nitrogens with zero attached hydrogens (tertiary/aromatic N) is 2. The van der Waals surface area contributed by atoms with Crippen molar-refractivity contribution in [1.29, 1.82) is 0 Å². The third kappa shape index (κ3) is 5.57. The van der Waals surface area contributed by atoms with E-state index >= 15 is 0 Å². The molecule has 1 saturated carbocycles. The minimum absolute atomic E-state index is 0. The van der Waals surface area contributed by atoms with E-state index in [-0.39, 0.29) is 30.1 Å². The maximum atomic E-state index is 6.06. The van der Waals surface area contributed by atoms with Gasteiger partial charge in [0.25, 0.3) is 0 Å². The van der Waals surface area contributed by atoms with Crippen LogP contribution in [-0.4, -0.2) is 57.9 Å². The lowest BCUT2D eigenvalue weighted by atomic mass is 9.67. The number of guanidine groups is 1. The Labute approximate surface area is 180 Å². The van der Waals surface area contributed by atoms with Crippen molar-refractivity contribution in [1.82, 2.24) is 10.2 Å². The van der Waals surface area contributed by atoms with E-state index in [1.807, 2.05) is 7.05 Å². The molecule has 1 aromatic rings. The number of nitrogens with one attached hydrogen (secondary N) is 1. The molecular weight excluding hydrogens is 453 g/mol. The Morgan fingerprint density at radius 3 is 2.78 bits per heavy atom. The second kappa shape index (κ2) is 10.6. The lowest BCUT2D eigenvalue weighted by Crippen LogP contribution is -2.51. The molecule has 1 aliphatic carbocycles. The van der Waals surface area contributed by atoms with Crippen LogP contribution in [0.4, 0.5) is 0 Å². The molecule has 6 heteroatoms. The highest BCUT2D eigenvalue weighted by molar-refractivity contribution is 14.0. The Hall–Kier alpha value is -0.860. The van der Waals surface area contributed by atoms with Crippen LogP contribution in [0.3, 0.4) is 0 Å². The summed E-state index contributed by atoms with van der Waals surface area (Å²) in [6, 6.07) is 8.50. The van der Waals surface area contributed by atoms with Crippen LogP contribution in [0.2, 0.25) is 0 Å². The summed E-state index contributed by atoms with van der Waals surface area (Å²) >= 11 is 0. The highest BCUT2D eigenvalue weighted by Gasteiger charge is 2.37. The number of ether oxygens (including phenoxy) is 2. The Morgan fingerprint density at radius 1 is 1.37 bits per heavy atom. The van der Waals surface area contributed by atoms with Crippen molar-refractivity contribution < 1.29 is 9.47 Å². The predicted octanol–water partition coefficient (Wildman–Crippen LogP) is 3.77. The molecule has 0 aromatic heterocycles. The van der Waals surface area contributed by atoms with Crippen molar-refractivity contribution in [3.8, 4) is 0 Å². The topological polar surface area (TPSA) is 46.1 Å². The van der Waals surface area contributed by atoms with E-state index in [9.17, 15) is 0 Å². The highest BCUT2D eigenvalue weighted by Crippen LogP contribution is 2.43. The first-order valence-corrected chi connectivity index (χ1v) is 9.79. The zero-order valence-corrected chi connectivity index (χ0v) is 19.2. The molecule has 0 amide bonds. The number of benzene rings is 1. The van der Waals surface area contributed by atoms with E-state index in [0.717, 1.165) is 45.2 Å². The van der Waals surface area contributed by atoms with Gasteiger partial charge in [-0.3, -0.25) is 4.99 Å². The van der Waals surface area contributed by atoms with Crippen LogP contribution < -0.4 is 5.32 Å². The summed E-state index contributed by atoms with van der Waals surface area (Å²) in [6.45, 7) is 6.43. The molecule has 27 heavy (non-hydrogen) atoms. The first-order valence-electron chi connectivity index (χ1n) is 9.79. The van der Waals surface area contributed by atoms with Gasteiger partial charge in [-0.2, -0.15) is 0 Å². The molecule has 1 unspecified atom stereocenters. The van der Waals surface area contributed by atoms with Gasteiger partial charge >= 0.3 is 0 Å². The Kier molecular flexibility index (Phi) is 8.82. The Morgan fingerprint density at radius 2 is 2.15 bits per heavy atom. The molecular formula is C21H34IN3O2. The largest absolute Gasteiger partial charge is 0.385 e. The van der Waals surface area contributed by atoms with Crippen LogP contribution in [0, 0.1) is 12.3 Å². The monoisotopic (exact) mass is 487 g/mol. The van der Waals surface area contributed by atoms with Gasteiger partial charge in [0.15, 0.2) is 5.96 Å². The summed E-state index contributed by atoms with van der Waals surface area (Å²) < 4.78 is 11.4. The third-order valence-corrected chi connectivity index (χ3v) is 5.99. The molecule has 2 fully saturated rings. The van der Waals surface area contributed by atoms with Crippen LogP contribution in [0.15, 0.2) is 29.3 Å². The number of rotatable bonds is 6. The molecule has 1 N–H and O–H groups in total. The number of halogens is 1. The SMILES string of the molecule is CN=C(NCC1(CCOC)CCC1)N1CCOC(c2ccccc2C)C1.I. The summed E-state index contributed by atoms with van der Waals surface area (Å²) in [5.41, 5.74) is 2.95. The number of aliphatic imine (C=N–C) groups is 1. The molecule has 1 heterocycles. The van der Waals surface area contributed by atoms with Gasteiger partial charge in [-0.05, 0) is 42.7 Å². The average Bonchev–Trinajstić information content (AvgIpc) is 2.64. The van der Waals surface area contributed by atoms with Gasteiger partial charge in [0.05, 0.1) is 13.2 Å². The Balaban J connectivity index is 0.00000261. The standard InChI is InChI=1S/C21H33N3O2.HI/c1-17-7-4-5-8-18(17)19-15-24(12-14-26-19)20(22-2)23-16-21(9-6-10-21)11-13-25-3;/h4-5,7-8,19H,6,9-16H2,1-3H3,(H,22,23);1H. The van der Waals surface area contributed by atoms with Crippen LogP contribution in [-0.2, 0) is 9.47 Å². The average molecular weight is 487 g/mol. The normalized spacial score (nSPS) is 22.0. The molecule has 0 bridgehead atoms. The van der Waals surface area contributed by atoms with Crippen LogP contribution in [0.5, 0.6) is 0 Å². The van der Waals surface area contributed by atoms with Crippen molar-refractivity contribution >= 4 is 29.9 Å². The zero-order valence-electron chi connectivity index (χ0n) is 16.9. The van der Waals surface area contributed by atoms with Gasteiger partial charge in [-0.1, -0.05) is 30.7 Å². The minimum atomic E-state index is 0. The number of methoxy groups -OCH3 is 1. The first-order chi connectivity index (χ1) is 12.7. The lowest BCUT2D eigenvalue weighted by Gasteiger charge is -2.43. The fourth-order valence-electron chi connectivity index (χ4n) is 4.09. The molecule has 3 rings (SSSR count). The van der Waals surface area contributed by atoms with E-state index in [2.05, 4.69) is 46.4 Å². The second-order valence-corrected chi connectivity index (χ2v) is 7.66. The van der Waals surface area contributed by atoms with Crippen LogP contribution >= 0.6 is 24.0 Å². The van der Waals surface area contributed by atoms with E-state index in [1.54, 1.807) is 7.11 Å². The maximum Gasteiger partial charge on any atom is 0.193 e. The molecule has 1 aliphatic heterocycles. The van der Waals surface area contributed by atoms with Crippen molar-refractivity contribution in [3.63, 3.8) is 0 Å². The van der Waals surface area contributed by atoms with Gasteiger partial charge in [-0.25, -0.2) is 0 Å². The quantitative estimate of drug-likeness (QED) is 0.377. The third-order valence-electron chi connectivity index (χ3n) is 5.99. The maximum absolute atomic E-state index is 6.06. The molecule has 152 valence electrons. The fraction of sp³-hybridized carbons (Fsp3) is 0.667. The second-order valence-electron chi connectivity index (χ2n) is 7.66. The molecule has 2 aliphatic rings. The smallest absolute Gasteiger partial charge is 0.193 e. The summed E-state index contributed by atoms with van der Waals surface area (Å²) in [5.74, 6) is 0.996. The van der Waals surface area contributed by atoms with Gasteiger partial charge in [0.2, 0.25) is 0 Å².